The number of aliphatic hydroxyl groups excluding tert-OH is 1. The summed E-state index contributed by atoms with van der Waals surface area (Å²) in [5, 5.41) is 9.62. The van der Waals surface area contributed by atoms with Crippen molar-refractivity contribution in [3.63, 3.8) is 0 Å². The van der Waals surface area contributed by atoms with Crippen LogP contribution in [0.3, 0.4) is 0 Å². The maximum atomic E-state index is 9.62. The van der Waals surface area contributed by atoms with Gasteiger partial charge in [-0.25, -0.2) is 0 Å². The molecule has 1 aromatic rings. The topological polar surface area (TPSA) is 46.5 Å². The maximum Gasteiger partial charge on any atom is 0.293 e. The first kappa shape index (κ1) is 15.4. The second kappa shape index (κ2) is 9.34. The summed E-state index contributed by atoms with van der Waals surface area (Å²) in [5.74, 6) is 0.371. The fourth-order valence-corrected chi connectivity index (χ4v) is 2.06. The Hall–Kier alpha value is -1.61. The van der Waals surface area contributed by atoms with Gasteiger partial charge in [0.2, 0.25) is 0 Å². The molecule has 0 aromatic heterocycles. The zero-order valence-corrected chi connectivity index (χ0v) is 11.4. The first-order valence-electron chi connectivity index (χ1n) is 6.74. The molecule has 0 radical (unpaired) electrons. The number of benzene rings is 1. The van der Waals surface area contributed by atoms with Crippen molar-refractivity contribution in [3.05, 3.63) is 42.0 Å². The van der Waals surface area contributed by atoms with E-state index in [2.05, 4.69) is 29.0 Å². The largest absolute Gasteiger partial charge is 0.468 e. The highest BCUT2D eigenvalue weighted by Gasteiger charge is 2.22. The van der Waals surface area contributed by atoms with Crippen LogP contribution in [0.4, 0.5) is 0 Å². The fourth-order valence-electron chi connectivity index (χ4n) is 2.06. The molecule has 0 saturated heterocycles. The minimum absolute atomic E-state index is 0.116. The van der Waals surface area contributed by atoms with E-state index < -0.39 is 0 Å². The van der Waals surface area contributed by atoms with Crippen LogP contribution >= 0.6 is 0 Å². The van der Waals surface area contributed by atoms with Gasteiger partial charge in [-0.2, -0.15) is 0 Å². The van der Waals surface area contributed by atoms with Crippen LogP contribution in [0.1, 0.15) is 31.7 Å². The van der Waals surface area contributed by atoms with Gasteiger partial charge in [-0.05, 0) is 25.3 Å². The molecule has 19 heavy (non-hydrogen) atoms. The molecule has 1 fully saturated rings. The maximum absolute atomic E-state index is 9.62. The van der Waals surface area contributed by atoms with Crippen LogP contribution < -0.4 is 0 Å². The van der Waals surface area contributed by atoms with Crippen LogP contribution in [0.15, 0.2) is 36.4 Å². The van der Waals surface area contributed by atoms with Crippen molar-refractivity contribution >= 4 is 12.5 Å². The summed E-state index contributed by atoms with van der Waals surface area (Å²) in [4.78, 5) is 9.18. The van der Waals surface area contributed by atoms with Crippen molar-refractivity contribution in [2.75, 3.05) is 6.61 Å². The molecule has 104 valence electrons. The smallest absolute Gasteiger partial charge is 0.293 e. The Kier molecular flexibility index (Phi) is 7.59. The van der Waals surface area contributed by atoms with E-state index in [1.54, 1.807) is 6.92 Å². The lowest BCUT2D eigenvalue weighted by molar-refractivity contribution is -0.128. The van der Waals surface area contributed by atoms with E-state index in [0.29, 0.717) is 19.0 Å². The molecule has 0 spiro atoms. The van der Waals surface area contributed by atoms with Crippen molar-refractivity contribution in [1.29, 1.82) is 0 Å². The lowest BCUT2D eigenvalue weighted by Crippen LogP contribution is -2.09. The molecular formula is C16H22O3. The molecule has 0 bridgehead atoms. The standard InChI is InChI=1S/C13H16O.C3H6O2/c14-13-8-4-7-12(13)10-9-11-5-2-1-3-6-11;1-2-5-3-4/h1-3,5-6,9-10,12-14H,4,7-8H2;3H,2H2,1H3. The summed E-state index contributed by atoms with van der Waals surface area (Å²) < 4.78 is 4.15. The van der Waals surface area contributed by atoms with Gasteiger partial charge in [-0.15, -0.1) is 0 Å². The molecule has 3 heteroatoms. The van der Waals surface area contributed by atoms with Gasteiger partial charge in [0.15, 0.2) is 0 Å². The second-order valence-corrected chi connectivity index (χ2v) is 4.48. The van der Waals surface area contributed by atoms with E-state index in [0.717, 1.165) is 19.3 Å². The van der Waals surface area contributed by atoms with Crippen molar-refractivity contribution in [2.45, 2.75) is 32.3 Å². The van der Waals surface area contributed by atoms with Gasteiger partial charge >= 0.3 is 0 Å². The van der Waals surface area contributed by atoms with Crippen LogP contribution in [0.2, 0.25) is 0 Å². The highest BCUT2D eigenvalue weighted by molar-refractivity contribution is 5.49. The lowest BCUT2D eigenvalue weighted by Gasteiger charge is -2.07. The van der Waals surface area contributed by atoms with Gasteiger partial charge in [0.05, 0.1) is 12.7 Å². The van der Waals surface area contributed by atoms with E-state index in [1.807, 2.05) is 18.2 Å². The van der Waals surface area contributed by atoms with E-state index in [4.69, 9.17) is 0 Å². The fraction of sp³-hybridized carbons (Fsp3) is 0.438. The third-order valence-corrected chi connectivity index (χ3v) is 3.10. The third-order valence-electron chi connectivity index (χ3n) is 3.10. The summed E-state index contributed by atoms with van der Waals surface area (Å²) in [7, 11) is 0. The molecule has 2 unspecified atom stereocenters. The molecular weight excluding hydrogens is 240 g/mol. The molecule has 0 heterocycles. The summed E-state index contributed by atoms with van der Waals surface area (Å²) in [5.41, 5.74) is 1.21. The molecule has 0 aliphatic heterocycles. The minimum Gasteiger partial charge on any atom is -0.468 e. The molecule has 2 atom stereocenters. The van der Waals surface area contributed by atoms with Crippen LogP contribution in [-0.2, 0) is 9.53 Å². The van der Waals surface area contributed by atoms with Crippen LogP contribution in [0.5, 0.6) is 0 Å². The Bertz CT molecular complexity index is 373. The average molecular weight is 262 g/mol. The SMILES string of the molecule is CCOC=O.OC1CCCC1C=Cc1ccccc1. The minimum atomic E-state index is -0.116. The van der Waals surface area contributed by atoms with E-state index in [-0.39, 0.29) is 6.10 Å². The van der Waals surface area contributed by atoms with Crippen molar-refractivity contribution in [2.24, 2.45) is 5.92 Å². The van der Waals surface area contributed by atoms with Crippen molar-refractivity contribution in [3.8, 4) is 0 Å². The zero-order valence-electron chi connectivity index (χ0n) is 11.4. The van der Waals surface area contributed by atoms with Crippen LogP contribution in [-0.4, -0.2) is 24.3 Å². The van der Waals surface area contributed by atoms with E-state index in [9.17, 15) is 9.90 Å². The number of ether oxygens (including phenoxy) is 1. The highest BCUT2D eigenvalue weighted by atomic mass is 16.5. The normalized spacial score (nSPS) is 21.8. The third kappa shape index (κ3) is 6.20. The summed E-state index contributed by atoms with van der Waals surface area (Å²) in [6.07, 6.45) is 7.39. The lowest BCUT2D eigenvalue weighted by atomic mass is 10.0. The summed E-state index contributed by atoms with van der Waals surface area (Å²) in [6, 6.07) is 10.2. The predicted molar refractivity (Wildman–Crippen MR) is 76.5 cm³/mol. The van der Waals surface area contributed by atoms with E-state index >= 15 is 0 Å². The quantitative estimate of drug-likeness (QED) is 0.848. The molecule has 1 aromatic carbocycles. The number of carbonyl (C=O) groups is 1. The van der Waals surface area contributed by atoms with Gasteiger partial charge in [-0.3, -0.25) is 4.79 Å². The Balaban J connectivity index is 0.000000312. The highest BCUT2D eigenvalue weighted by Crippen LogP contribution is 2.27. The summed E-state index contributed by atoms with van der Waals surface area (Å²) in [6.45, 7) is 2.66. The number of rotatable bonds is 4. The molecule has 3 nitrogen and oxygen atoms in total. The van der Waals surface area contributed by atoms with Crippen molar-refractivity contribution in [1.82, 2.24) is 0 Å². The van der Waals surface area contributed by atoms with Crippen molar-refractivity contribution < 1.29 is 14.6 Å². The van der Waals surface area contributed by atoms with Gasteiger partial charge in [-0.1, -0.05) is 48.9 Å². The van der Waals surface area contributed by atoms with Gasteiger partial charge < -0.3 is 9.84 Å². The van der Waals surface area contributed by atoms with Gasteiger partial charge in [0, 0.05) is 5.92 Å². The first-order chi connectivity index (χ1) is 9.27. The molecule has 1 aliphatic carbocycles. The molecule has 1 N–H and O–H groups in total. The molecule has 0 amide bonds. The number of hydrogen-bond acceptors (Lipinski definition) is 3. The Labute approximate surface area is 114 Å². The Morgan fingerprint density at radius 1 is 1.32 bits per heavy atom. The first-order valence-corrected chi connectivity index (χ1v) is 6.74. The summed E-state index contributed by atoms with van der Waals surface area (Å²) >= 11 is 0. The average Bonchev–Trinajstić information content (AvgIpc) is 2.85. The number of aliphatic hydroxyl groups is 1. The molecule has 1 saturated carbocycles. The molecule has 1 aliphatic rings. The van der Waals surface area contributed by atoms with E-state index in [1.165, 1.54) is 5.56 Å². The molecule has 2 rings (SSSR count). The number of carbonyl (C=O) groups excluding carboxylic acids is 1. The van der Waals surface area contributed by atoms with Gasteiger partial charge in [0.25, 0.3) is 6.47 Å². The van der Waals surface area contributed by atoms with Crippen LogP contribution in [0.25, 0.3) is 6.08 Å². The predicted octanol–water partition coefficient (Wildman–Crippen LogP) is 3.04. The van der Waals surface area contributed by atoms with Crippen LogP contribution in [0, 0.1) is 5.92 Å². The van der Waals surface area contributed by atoms with Gasteiger partial charge in [0.1, 0.15) is 0 Å². The number of hydrogen-bond donors (Lipinski definition) is 1. The second-order valence-electron chi connectivity index (χ2n) is 4.48. The monoisotopic (exact) mass is 262 g/mol. The Morgan fingerprint density at radius 2 is 2.05 bits per heavy atom. The zero-order chi connectivity index (χ0) is 13.9. The Morgan fingerprint density at radius 3 is 2.53 bits per heavy atom.